The molecule has 1 aliphatic carbocycles. The molecule has 1 spiro atoms. The lowest BCUT2D eigenvalue weighted by atomic mass is 9.53. The van der Waals surface area contributed by atoms with Crippen molar-refractivity contribution < 1.29 is 19.0 Å². The quantitative estimate of drug-likeness (QED) is 0.612. The van der Waals surface area contributed by atoms with E-state index in [1.165, 1.54) is 18.2 Å². The van der Waals surface area contributed by atoms with Crippen LogP contribution >= 0.6 is 0 Å². The molecule has 26 heavy (non-hydrogen) atoms. The minimum atomic E-state index is -0.765. The number of hydrogen-bond donors (Lipinski definition) is 1. The molecule has 5 aliphatic heterocycles. The highest BCUT2D eigenvalue weighted by Crippen LogP contribution is 2.83. The Bertz CT molecular complexity index is 930. The summed E-state index contributed by atoms with van der Waals surface area (Å²) in [5.41, 5.74) is 1.73. The predicted molar refractivity (Wildman–Crippen MR) is 91.0 cm³/mol. The van der Waals surface area contributed by atoms with Gasteiger partial charge < -0.3 is 19.5 Å². The zero-order valence-electron chi connectivity index (χ0n) is 14.7. The van der Waals surface area contributed by atoms with E-state index in [4.69, 9.17) is 14.2 Å². The third kappa shape index (κ3) is 0.983. The van der Waals surface area contributed by atoms with Crippen LogP contribution in [0.15, 0.2) is 35.9 Å². The maximum absolute atomic E-state index is 13.5. The molecule has 6 heteroatoms. The third-order valence-electron chi connectivity index (χ3n) is 8.05. The lowest BCUT2D eigenvalue weighted by Gasteiger charge is -2.56. The zero-order chi connectivity index (χ0) is 17.5. The number of allylic oxidation sites excluding steroid dienone is 1. The molecule has 0 aromatic heterocycles. The van der Waals surface area contributed by atoms with E-state index in [0.717, 1.165) is 12.2 Å². The van der Waals surface area contributed by atoms with Gasteiger partial charge in [0, 0.05) is 24.6 Å². The first-order valence-electron chi connectivity index (χ1n) is 9.36. The summed E-state index contributed by atoms with van der Waals surface area (Å²) in [5.74, 6) is -0.101. The number of piperidine rings is 2. The third-order valence-corrected chi connectivity index (χ3v) is 8.05. The topological polar surface area (TPSA) is 60.0 Å². The van der Waals surface area contributed by atoms with Gasteiger partial charge in [0.05, 0.1) is 18.6 Å². The Kier molecular flexibility index (Phi) is 2.11. The number of carbonyl (C=O) groups excluding carboxylic acids is 1. The van der Waals surface area contributed by atoms with Crippen LogP contribution in [0.5, 0.6) is 0 Å². The molecule has 3 unspecified atom stereocenters. The lowest BCUT2D eigenvalue weighted by molar-refractivity contribution is -0.234. The molecular formula is C20H20N2O4. The molecule has 134 valence electrons. The second-order valence-corrected chi connectivity index (χ2v) is 8.37. The minimum absolute atomic E-state index is 0.0621. The highest BCUT2D eigenvalue weighted by Gasteiger charge is 2.96. The van der Waals surface area contributed by atoms with Crippen molar-refractivity contribution in [2.45, 2.75) is 43.0 Å². The summed E-state index contributed by atoms with van der Waals surface area (Å²) < 4.78 is 18.4. The number of nitrogens with one attached hydrogen (secondary N) is 1. The molecule has 1 aromatic carbocycles. The van der Waals surface area contributed by atoms with E-state index in [-0.39, 0.29) is 30.4 Å². The van der Waals surface area contributed by atoms with Crippen molar-refractivity contribution in [3.8, 4) is 0 Å². The van der Waals surface area contributed by atoms with E-state index < -0.39 is 16.6 Å². The van der Waals surface area contributed by atoms with E-state index in [9.17, 15) is 4.79 Å². The van der Waals surface area contributed by atoms with E-state index >= 15 is 0 Å². The number of carbonyl (C=O) groups is 1. The van der Waals surface area contributed by atoms with Crippen LogP contribution in [0, 0.1) is 11.3 Å². The fourth-order valence-corrected chi connectivity index (χ4v) is 7.64. The van der Waals surface area contributed by atoms with Gasteiger partial charge in [0.25, 0.3) is 0 Å². The Labute approximate surface area is 151 Å². The highest BCUT2D eigenvalue weighted by molar-refractivity contribution is 5.89. The molecule has 6 aliphatic rings. The summed E-state index contributed by atoms with van der Waals surface area (Å²) in [6, 6.07) is 8.42. The van der Waals surface area contributed by atoms with Crippen molar-refractivity contribution in [2.75, 3.05) is 19.0 Å². The average Bonchev–Trinajstić information content (AvgIpc) is 3.33. The maximum Gasteiger partial charge on any atom is 0.317 e. The number of nitrogens with zero attached hydrogens (tertiary/aromatic N) is 1. The van der Waals surface area contributed by atoms with E-state index in [0.29, 0.717) is 6.42 Å². The summed E-state index contributed by atoms with van der Waals surface area (Å²) in [7, 11) is 1.50. The molecule has 5 fully saturated rings. The molecular weight excluding hydrogens is 332 g/mol. The number of esters is 1. The standard InChI is InChI=1S/C20H20N2O4/c1-3-10-9-22-15-14(10)19(17(23)24-2)16(22)25-13-8-18(19)11-6-4-5-7-12(11)21-20(15,18)26-13/h3-7,13-16,21H,8-9H2,1-2H3/b10-3-/t13?,14?,15-,16-,18-,19-,20-/m0/s1. The lowest BCUT2D eigenvalue weighted by Crippen LogP contribution is -2.72. The Hall–Kier alpha value is -1.89. The second kappa shape index (κ2) is 3.86. The first kappa shape index (κ1) is 14.2. The summed E-state index contributed by atoms with van der Waals surface area (Å²) in [6.07, 6.45) is 2.30. The number of hydrogen-bond acceptors (Lipinski definition) is 6. The smallest absolute Gasteiger partial charge is 0.317 e. The number of para-hydroxylation sites is 1. The summed E-state index contributed by atoms with van der Waals surface area (Å²) in [6.45, 7) is 2.90. The van der Waals surface area contributed by atoms with Crippen molar-refractivity contribution in [2.24, 2.45) is 11.3 Å². The fraction of sp³-hybridized carbons (Fsp3) is 0.550. The van der Waals surface area contributed by atoms with Crippen molar-refractivity contribution in [3.05, 3.63) is 41.5 Å². The number of anilines is 1. The van der Waals surface area contributed by atoms with Gasteiger partial charge in [-0.05, 0) is 18.6 Å². The summed E-state index contributed by atoms with van der Waals surface area (Å²) in [4.78, 5) is 15.9. The molecule has 7 rings (SSSR count). The predicted octanol–water partition coefficient (Wildman–Crippen LogP) is 1.58. The maximum atomic E-state index is 13.5. The molecule has 1 N–H and O–H groups in total. The normalized spacial score (nSPS) is 54.5. The number of rotatable bonds is 1. The SMILES string of the molecule is C/C=C1/CN2[C@H]3C1[C@@]1(C(=O)OC)[C@@H]2OC2C[C@]14c1ccccc1N[C@]34O2. The zero-order valence-corrected chi connectivity index (χ0v) is 14.7. The van der Waals surface area contributed by atoms with Crippen LogP contribution in [-0.2, 0) is 24.4 Å². The van der Waals surface area contributed by atoms with Crippen LogP contribution in [0.3, 0.4) is 0 Å². The molecule has 0 amide bonds. The van der Waals surface area contributed by atoms with Gasteiger partial charge in [0.1, 0.15) is 11.6 Å². The number of methoxy groups -OCH3 is 1. The molecule has 1 saturated carbocycles. The Morgan fingerprint density at radius 1 is 1.42 bits per heavy atom. The first-order chi connectivity index (χ1) is 12.7. The molecule has 8 atom stereocenters. The first-order valence-corrected chi connectivity index (χ1v) is 9.36. The molecule has 1 aromatic rings. The van der Waals surface area contributed by atoms with Gasteiger partial charge in [-0.2, -0.15) is 0 Å². The highest BCUT2D eigenvalue weighted by atomic mass is 16.7. The van der Waals surface area contributed by atoms with Crippen LogP contribution in [0.25, 0.3) is 0 Å². The van der Waals surface area contributed by atoms with Gasteiger partial charge in [0.15, 0.2) is 12.0 Å². The molecule has 5 heterocycles. The van der Waals surface area contributed by atoms with Gasteiger partial charge in [-0.15, -0.1) is 0 Å². The van der Waals surface area contributed by atoms with Gasteiger partial charge in [-0.1, -0.05) is 29.8 Å². The number of ether oxygens (including phenoxy) is 3. The van der Waals surface area contributed by atoms with Crippen molar-refractivity contribution in [3.63, 3.8) is 0 Å². The van der Waals surface area contributed by atoms with Crippen molar-refractivity contribution in [1.29, 1.82) is 0 Å². The van der Waals surface area contributed by atoms with Gasteiger partial charge in [-0.3, -0.25) is 9.69 Å². The number of benzene rings is 1. The van der Waals surface area contributed by atoms with Gasteiger partial charge >= 0.3 is 5.97 Å². The van der Waals surface area contributed by atoms with E-state index in [2.05, 4.69) is 41.4 Å². The van der Waals surface area contributed by atoms with Crippen LogP contribution < -0.4 is 5.32 Å². The minimum Gasteiger partial charge on any atom is -0.468 e. The van der Waals surface area contributed by atoms with Gasteiger partial charge in [0.2, 0.25) is 0 Å². The van der Waals surface area contributed by atoms with Crippen LogP contribution in [0.1, 0.15) is 18.9 Å². The molecule has 6 bridgehead atoms. The average molecular weight is 352 g/mol. The van der Waals surface area contributed by atoms with Crippen molar-refractivity contribution in [1.82, 2.24) is 4.90 Å². The monoisotopic (exact) mass is 352 g/mol. The van der Waals surface area contributed by atoms with Gasteiger partial charge in [-0.25, -0.2) is 0 Å². The fourth-order valence-electron chi connectivity index (χ4n) is 7.64. The molecule has 0 radical (unpaired) electrons. The van der Waals surface area contributed by atoms with E-state index in [1.807, 2.05) is 6.07 Å². The molecule has 6 nitrogen and oxygen atoms in total. The summed E-state index contributed by atoms with van der Waals surface area (Å²) in [5, 5.41) is 3.72. The Balaban J connectivity index is 1.63. The number of fused-ring (bicyclic) bond motifs is 3. The van der Waals surface area contributed by atoms with Crippen LogP contribution in [0.4, 0.5) is 5.69 Å². The largest absolute Gasteiger partial charge is 0.468 e. The van der Waals surface area contributed by atoms with Crippen LogP contribution in [0.2, 0.25) is 0 Å². The Morgan fingerprint density at radius 2 is 2.27 bits per heavy atom. The van der Waals surface area contributed by atoms with E-state index in [1.54, 1.807) is 0 Å². The van der Waals surface area contributed by atoms with Crippen molar-refractivity contribution >= 4 is 11.7 Å². The Morgan fingerprint density at radius 3 is 3.08 bits per heavy atom. The van der Waals surface area contributed by atoms with Crippen LogP contribution in [-0.4, -0.2) is 48.8 Å². The molecule has 4 saturated heterocycles. The summed E-state index contributed by atoms with van der Waals surface area (Å²) >= 11 is 0. The second-order valence-electron chi connectivity index (χ2n) is 8.37.